The highest BCUT2D eigenvalue weighted by molar-refractivity contribution is 5.78. The molecule has 0 N–H and O–H groups in total. The van der Waals surface area contributed by atoms with E-state index in [9.17, 15) is 19.3 Å². The van der Waals surface area contributed by atoms with Crippen LogP contribution >= 0.6 is 0 Å². The molecule has 1 saturated heterocycles. The number of hydrogen-bond acceptors (Lipinski definition) is 6. The molecule has 0 unspecified atom stereocenters. The maximum absolute atomic E-state index is 13.8. The molecule has 0 atom stereocenters. The molecule has 2 heterocycles. The van der Waals surface area contributed by atoms with Crippen molar-refractivity contribution in [2.45, 2.75) is 0 Å². The predicted molar refractivity (Wildman–Crippen MR) is 91.6 cm³/mol. The van der Waals surface area contributed by atoms with Gasteiger partial charge in [0, 0.05) is 38.4 Å². The number of carbonyl (C=O) groups excluding carboxylic acids is 1. The molecular formula is C17H17FN4O4. The molecule has 1 aromatic heterocycles. The van der Waals surface area contributed by atoms with Crippen LogP contribution in [-0.4, -0.2) is 53.5 Å². The van der Waals surface area contributed by atoms with Crippen LogP contribution in [0.1, 0.15) is 0 Å². The second kappa shape index (κ2) is 7.77. The van der Waals surface area contributed by atoms with Crippen LogP contribution in [0.3, 0.4) is 0 Å². The van der Waals surface area contributed by atoms with Crippen molar-refractivity contribution in [3.05, 3.63) is 58.5 Å². The summed E-state index contributed by atoms with van der Waals surface area (Å²) in [6.45, 7) is 2.00. The number of aromatic nitrogens is 1. The lowest BCUT2D eigenvalue weighted by Gasteiger charge is -2.35. The summed E-state index contributed by atoms with van der Waals surface area (Å²) in [6.07, 6.45) is 1.72. The Bertz CT molecular complexity index is 795. The summed E-state index contributed by atoms with van der Waals surface area (Å²) in [6, 6.07) is 8.72. The summed E-state index contributed by atoms with van der Waals surface area (Å²) in [4.78, 5) is 30.1. The normalized spacial score (nSPS) is 14.2. The van der Waals surface area contributed by atoms with Crippen molar-refractivity contribution in [1.82, 2.24) is 9.88 Å². The Kier molecular flexibility index (Phi) is 5.26. The molecule has 0 bridgehead atoms. The number of rotatable bonds is 5. The van der Waals surface area contributed by atoms with Gasteiger partial charge in [-0.05, 0) is 18.2 Å². The lowest BCUT2D eigenvalue weighted by molar-refractivity contribution is -0.385. The molecule has 1 aromatic carbocycles. The molecule has 9 heteroatoms. The van der Waals surface area contributed by atoms with Crippen molar-refractivity contribution < 1.29 is 18.8 Å². The summed E-state index contributed by atoms with van der Waals surface area (Å²) in [7, 11) is 0. The largest absolute Gasteiger partial charge is 0.481 e. The zero-order chi connectivity index (χ0) is 18.5. The summed E-state index contributed by atoms with van der Waals surface area (Å²) in [5, 5.41) is 10.6. The van der Waals surface area contributed by atoms with Gasteiger partial charge in [-0.3, -0.25) is 14.9 Å². The second-order valence-corrected chi connectivity index (χ2v) is 5.72. The molecule has 1 amide bonds. The van der Waals surface area contributed by atoms with Crippen LogP contribution in [0, 0.1) is 15.9 Å². The van der Waals surface area contributed by atoms with Crippen LogP contribution in [0.2, 0.25) is 0 Å². The Hall–Kier alpha value is -3.23. The predicted octanol–water partition coefficient (Wildman–Crippen LogP) is 1.86. The molecule has 1 aliphatic rings. The third kappa shape index (κ3) is 4.05. The Labute approximate surface area is 149 Å². The molecular weight excluding hydrogens is 343 g/mol. The summed E-state index contributed by atoms with van der Waals surface area (Å²) in [5.74, 6) is -0.449. The van der Waals surface area contributed by atoms with Crippen LogP contribution < -0.4 is 9.64 Å². The van der Waals surface area contributed by atoms with Crippen LogP contribution in [0.25, 0.3) is 0 Å². The Morgan fingerprint density at radius 1 is 1.23 bits per heavy atom. The molecule has 26 heavy (non-hydrogen) atoms. The van der Waals surface area contributed by atoms with Crippen molar-refractivity contribution in [2.75, 3.05) is 37.7 Å². The molecule has 0 radical (unpaired) electrons. The van der Waals surface area contributed by atoms with Gasteiger partial charge in [-0.1, -0.05) is 6.07 Å². The lowest BCUT2D eigenvalue weighted by atomic mass is 10.3. The average Bonchev–Trinajstić information content (AvgIpc) is 2.67. The first-order chi connectivity index (χ1) is 12.5. The number of non-ortho nitro benzene ring substituents is 1. The van der Waals surface area contributed by atoms with E-state index in [-0.39, 0.29) is 24.0 Å². The highest BCUT2D eigenvalue weighted by Crippen LogP contribution is 2.22. The van der Waals surface area contributed by atoms with Gasteiger partial charge in [0.05, 0.1) is 11.0 Å². The van der Waals surface area contributed by atoms with Gasteiger partial charge in [-0.25, -0.2) is 9.37 Å². The van der Waals surface area contributed by atoms with Gasteiger partial charge in [-0.15, -0.1) is 0 Å². The lowest BCUT2D eigenvalue weighted by Crippen LogP contribution is -2.50. The van der Waals surface area contributed by atoms with Crippen molar-refractivity contribution >= 4 is 17.4 Å². The van der Waals surface area contributed by atoms with Crippen molar-refractivity contribution in [3.8, 4) is 5.75 Å². The number of nitrogens with zero attached hydrogens (tertiary/aromatic N) is 4. The number of nitro groups is 1. The highest BCUT2D eigenvalue weighted by atomic mass is 19.1. The fraction of sp³-hybridized carbons (Fsp3) is 0.294. The van der Waals surface area contributed by atoms with Crippen molar-refractivity contribution in [3.63, 3.8) is 0 Å². The summed E-state index contributed by atoms with van der Waals surface area (Å²) < 4.78 is 19.0. The van der Waals surface area contributed by atoms with Gasteiger partial charge < -0.3 is 14.5 Å². The standard InChI is InChI=1S/C17H17FN4O4/c18-14-11-13(22(24)25)4-5-15(14)26-12-17(23)21-9-7-20(8-10-21)16-3-1-2-6-19-16/h1-6,11H,7-10,12H2. The van der Waals surface area contributed by atoms with Crippen LogP contribution in [0.15, 0.2) is 42.6 Å². The van der Waals surface area contributed by atoms with Gasteiger partial charge in [0.15, 0.2) is 18.2 Å². The fourth-order valence-electron chi connectivity index (χ4n) is 2.68. The van der Waals surface area contributed by atoms with Crippen LogP contribution in [0.4, 0.5) is 15.9 Å². The maximum Gasteiger partial charge on any atom is 0.272 e. The molecule has 3 rings (SSSR count). The molecule has 1 fully saturated rings. The number of amides is 1. The average molecular weight is 360 g/mol. The van der Waals surface area contributed by atoms with Crippen molar-refractivity contribution in [2.24, 2.45) is 0 Å². The van der Waals surface area contributed by atoms with E-state index in [2.05, 4.69) is 9.88 Å². The van der Waals surface area contributed by atoms with E-state index in [1.165, 1.54) is 0 Å². The van der Waals surface area contributed by atoms with Gasteiger partial charge in [0.1, 0.15) is 5.82 Å². The van der Waals surface area contributed by atoms with Crippen LogP contribution in [0.5, 0.6) is 5.75 Å². The smallest absolute Gasteiger partial charge is 0.272 e. The van der Waals surface area contributed by atoms with E-state index in [4.69, 9.17) is 4.74 Å². The van der Waals surface area contributed by atoms with E-state index in [1.807, 2.05) is 18.2 Å². The number of piperazine rings is 1. The maximum atomic E-state index is 13.8. The fourth-order valence-corrected chi connectivity index (χ4v) is 2.68. The second-order valence-electron chi connectivity index (χ2n) is 5.72. The van der Waals surface area contributed by atoms with E-state index < -0.39 is 10.7 Å². The minimum atomic E-state index is -0.869. The van der Waals surface area contributed by atoms with E-state index in [0.29, 0.717) is 26.2 Å². The molecule has 0 aliphatic carbocycles. The molecule has 1 aliphatic heterocycles. The summed E-state index contributed by atoms with van der Waals surface area (Å²) >= 11 is 0. The number of ether oxygens (including phenoxy) is 1. The number of carbonyl (C=O) groups is 1. The highest BCUT2D eigenvalue weighted by Gasteiger charge is 2.22. The molecule has 0 saturated carbocycles. The van der Waals surface area contributed by atoms with E-state index in [1.54, 1.807) is 11.1 Å². The van der Waals surface area contributed by atoms with E-state index in [0.717, 1.165) is 24.0 Å². The monoisotopic (exact) mass is 360 g/mol. The number of anilines is 1. The first kappa shape index (κ1) is 17.6. The number of benzene rings is 1. The minimum Gasteiger partial charge on any atom is -0.481 e. The quantitative estimate of drug-likeness (QED) is 0.597. The third-order valence-corrected chi connectivity index (χ3v) is 4.08. The number of nitro benzene ring substituents is 1. The van der Waals surface area contributed by atoms with Gasteiger partial charge >= 0.3 is 0 Å². The number of halogens is 1. The first-order valence-corrected chi connectivity index (χ1v) is 8.05. The molecule has 8 nitrogen and oxygen atoms in total. The Morgan fingerprint density at radius 3 is 2.62 bits per heavy atom. The number of pyridine rings is 1. The van der Waals surface area contributed by atoms with Gasteiger partial charge in [0.2, 0.25) is 0 Å². The SMILES string of the molecule is O=C(COc1ccc([N+](=O)[O-])cc1F)N1CCN(c2ccccn2)CC1. The minimum absolute atomic E-state index is 0.184. The Morgan fingerprint density at radius 2 is 2.00 bits per heavy atom. The Balaban J connectivity index is 1.51. The van der Waals surface area contributed by atoms with Gasteiger partial charge in [0.25, 0.3) is 11.6 Å². The molecule has 0 spiro atoms. The summed E-state index contributed by atoms with van der Waals surface area (Å²) in [5.41, 5.74) is -0.369. The third-order valence-electron chi connectivity index (χ3n) is 4.08. The van der Waals surface area contributed by atoms with Crippen LogP contribution in [-0.2, 0) is 4.79 Å². The van der Waals surface area contributed by atoms with E-state index >= 15 is 0 Å². The zero-order valence-corrected chi connectivity index (χ0v) is 13.9. The van der Waals surface area contributed by atoms with Crippen molar-refractivity contribution in [1.29, 1.82) is 0 Å². The van der Waals surface area contributed by atoms with Gasteiger partial charge in [-0.2, -0.15) is 0 Å². The molecule has 2 aromatic rings. The number of hydrogen-bond donors (Lipinski definition) is 0. The first-order valence-electron chi connectivity index (χ1n) is 8.05. The molecule has 136 valence electrons. The topological polar surface area (TPSA) is 88.8 Å². The zero-order valence-electron chi connectivity index (χ0n) is 13.9.